The van der Waals surface area contributed by atoms with Crippen molar-refractivity contribution in [2.75, 3.05) is 13.1 Å². The first-order valence-corrected chi connectivity index (χ1v) is 8.67. The van der Waals surface area contributed by atoms with Crippen molar-refractivity contribution in [2.24, 2.45) is 5.92 Å². The number of hydrogen-bond donors (Lipinski definition) is 1. The van der Waals surface area contributed by atoms with Crippen molar-refractivity contribution in [2.45, 2.75) is 65.1 Å². The van der Waals surface area contributed by atoms with Gasteiger partial charge in [0.1, 0.15) is 0 Å². The quantitative estimate of drug-likeness (QED) is 0.849. The van der Waals surface area contributed by atoms with Crippen LogP contribution in [0.2, 0.25) is 0 Å². The van der Waals surface area contributed by atoms with Crippen molar-refractivity contribution in [1.29, 1.82) is 0 Å². The molecule has 1 aromatic carbocycles. The SMILES string of the molecule is CCC(C)C1CN(Cc2ccccc2)C(CC)(CC)CN1. The van der Waals surface area contributed by atoms with Crippen LogP contribution in [-0.4, -0.2) is 29.6 Å². The number of hydrogen-bond acceptors (Lipinski definition) is 2. The zero-order valence-electron chi connectivity index (χ0n) is 14.2. The lowest BCUT2D eigenvalue weighted by molar-refractivity contribution is 0.0136. The summed E-state index contributed by atoms with van der Waals surface area (Å²) in [5.74, 6) is 0.745. The summed E-state index contributed by atoms with van der Waals surface area (Å²) in [6.45, 7) is 12.7. The van der Waals surface area contributed by atoms with Gasteiger partial charge < -0.3 is 5.32 Å². The van der Waals surface area contributed by atoms with Crippen molar-refractivity contribution >= 4 is 0 Å². The Kier molecular flexibility index (Phi) is 5.83. The van der Waals surface area contributed by atoms with E-state index in [4.69, 9.17) is 0 Å². The van der Waals surface area contributed by atoms with Crippen LogP contribution in [0.15, 0.2) is 30.3 Å². The summed E-state index contributed by atoms with van der Waals surface area (Å²) in [5, 5.41) is 3.84. The van der Waals surface area contributed by atoms with E-state index >= 15 is 0 Å². The molecule has 21 heavy (non-hydrogen) atoms. The molecule has 1 aliphatic rings. The number of nitrogens with zero attached hydrogens (tertiary/aromatic N) is 1. The van der Waals surface area contributed by atoms with E-state index in [1.807, 2.05) is 0 Å². The van der Waals surface area contributed by atoms with Gasteiger partial charge in [0.25, 0.3) is 0 Å². The highest BCUT2D eigenvalue weighted by molar-refractivity contribution is 5.15. The Balaban J connectivity index is 2.16. The molecule has 2 unspecified atom stereocenters. The fraction of sp³-hybridized carbons (Fsp3) is 0.684. The van der Waals surface area contributed by atoms with Gasteiger partial charge in [-0.25, -0.2) is 0 Å². The number of benzene rings is 1. The molecule has 118 valence electrons. The van der Waals surface area contributed by atoms with Gasteiger partial charge in [-0.05, 0) is 24.3 Å². The maximum Gasteiger partial charge on any atom is 0.0333 e. The molecule has 2 nitrogen and oxygen atoms in total. The van der Waals surface area contributed by atoms with Crippen molar-refractivity contribution in [3.63, 3.8) is 0 Å². The maximum atomic E-state index is 3.84. The van der Waals surface area contributed by atoms with E-state index in [2.05, 4.69) is 68.2 Å². The van der Waals surface area contributed by atoms with E-state index in [9.17, 15) is 0 Å². The van der Waals surface area contributed by atoms with Crippen LogP contribution in [0.1, 0.15) is 52.5 Å². The molecule has 1 aromatic rings. The molecule has 1 N–H and O–H groups in total. The van der Waals surface area contributed by atoms with Crippen LogP contribution in [-0.2, 0) is 6.54 Å². The summed E-state index contributed by atoms with van der Waals surface area (Å²) < 4.78 is 0. The van der Waals surface area contributed by atoms with Gasteiger partial charge in [0.2, 0.25) is 0 Å². The zero-order valence-corrected chi connectivity index (χ0v) is 14.2. The van der Waals surface area contributed by atoms with Crippen molar-refractivity contribution < 1.29 is 0 Å². The minimum Gasteiger partial charge on any atom is -0.311 e. The van der Waals surface area contributed by atoms with E-state index in [-0.39, 0.29) is 0 Å². The molecule has 2 rings (SSSR count). The van der Waals surface area contributed by atoms with Gasteiger partial charge in [-0.15, -0.1) is 0 Å². The van der Waals surface area contributed by atoms with Gasteiger partial charge in [-0.1, -0.05) is 64.4 Å². The van der Waals surface area contributed by atoms with Crippen LogP contribution in [0.3, 0.4) is 0 Å². The molecule has 0 aromatic heterocycles. The van der Waals surface area contributed by atoms with Crippen LogP contribution in [0.4, 0.5) is 0 Å². The predicted octanol–water partition coefficient (Wildman–Crippen LogP) is 4.07. The topological polar surface area (TPSA) is 15.3 Å². The standard InChI is InChI=1S/C19H32N2/c1-5-16(4)18-14-21(13-17-11-9-8-10-12-17)19(6-2,7-3)15-20-18/h8-12,16,18,20H,5-7,13-15H2,1-4H3. The smallest absolute Gasteiger partial charge is 0.0333 e. The average molecular weight is 288 g/mol. The normalized spacial score (nSPS) is 23.9. The highest BCUT2D eigenvalue weighted by Crippen LogP contribution is 2.30. The Morgan fingerprint density at radius 1 is 1.19 bits per heavy atom. The molecule has 1 saturated heterocycles. The zero-order chi connectivity index (χ0) is 15.3. The average Bonchev–Trinajstić information content (AvgIpc) is 2.55. The fourth-order valence-corrected chi connectivity index (χ4v) is 3.58. The molecule has 1 aliphatic heterocycles. The van der Waals surface area contributed by atoms with Crippen molar-refractivity contribution in [1.82, 2.24) is 10.2 Å². The molecule has 1 heterocycles. The number of rotatable bonds is 6. The lowest BCUT2D eigenvalue weighted by Crippen LogP contribution is -2.65. The Morgan fingerprint density at radius 2 is 1.86 bits per heavy atom. The second-order valence-corrected chi connectivity index (χ2v) is 6.67. The molecular formula is C19H32N2. The monoisotopic (exact) mass is 288 g/mol. The molecule has 2 heteroatoms. The summed E-state index contributed by atoms with van der Waals surface area (Å²) in [6, 6.07) is 11.6. The summed E-state index contributed by atoms with van der Waals surface area (Å²) in [6.07, 6.45) is 3.69. The third-order valence-corrected chi connectivity index (χ3v) is 5.64. The largest absolute Gasteiger partial charge is 0.311 e. The molecule has 0 amide bonds. The van der Waals surface area contributed by atoms with Crippen molar-refractivity contribution in [3.8, 4) is 0 Å². The maximum absolute atomic E-state index is 3.84. The van der Waals surface area contributed by atoms with Crippen molar-refractivity contribution in [3.05, 3.63) is 35.9 Å². The van der Waals surface area contributed by atoms with Gasteiger partial charge in [0.15, 0.2) is 0 Å². The lowest BCUT2D eigenvalue weighted by atomic mass is 9.84. The molecule has 0 bridgehead atoms. The molecular weight excluding hydrogens is 256 g/mol. The highest BCUT2D eigenvalue weighted by Gasteiger charge is 2.39. The Labute approximate surface area is 130 Å². The third kappa shape index (κ3) is 3.67. The van der Waals surface area contributed by atoms with Gasteiger partial charge in [0.05, 0.1) is 0 Å². The molecule has 0 radical (unpaired) electrons. The first kappa shape index (κ1) is 16.5. The first-order valence-electron chi connectivity index (χ1n) is 8.67. The van der Waals surface area contributed by atoms with E-state index in [1.165, 1.54) is 31.4 Å². The van der Waals surface area contributed by atoms with E-state index < -0.39 is 0 Å². The van der Waals surface area contributed by atoms with Gasteiger partial charge in [-0.3, -0.25) is 4.90 Å². The van der Waals surface area contributed by atoms with Gasteiger partial charge in [-0.2, -0.15) is 0 Å². The summed E-state index contributed by atoms with van der Waals surface area (Å²) in [4.78, 5) is 2.75. The predicted molar refractivity (Wildman–Crippen MR) is 91.4 cm³/mol. The summed E-state index contributed by atoms with van der Waals surface area (Å²) in [5.41, 5.74) is 1.76. The fourth-order valence-electron chi connectivity index (χ4n) is 3.58. The van der Waals surface area contributed by atoms with Crippen LogP contribution >= 0.6 is 0 Å². The second kappa shape index (κ2) is 7.42. The Hall–Kier alpha value is -0.860. The van der Waals surface area contributed by atoms with Gasteiger partial charge >= 0.3 is 0 Å². The Morgan fingerprint density at radius 3 is 2.43 bits per heavy atom. The first-order chi connectivity index (χ1) is 10.1. The molecule has 0 spiro atoms. The lowest BCUT2D eigenvalue weighted by Gasteiger charge is -2.51. The third-order valence-electron chi connectivity index (χ3n) is 5.64. The van der Waals surface area contributed by atoms with Crippen LogP contribution in [0.5, 0.6) is 0 Å². The van der Waals surface area contributed by atoms with E-state index in [0.717, 1.165) is 19.0 Å². The summed E-state index contributed by atoms with van der Waals surface area (Å²) >= 11 is 0. The molecule has 0 saturated carbocycles. The van der Waals surface area contributed by atoms with Gasteiger partial charge in [0, 0.05) is 31.2 Å². The molecule has 0 aliphatic carbocycles. The number of piperazine rings is 1. The van der Waals surface area contributed by atoms with Crippen LogP contribution in [0, 0.1) is 5.92 Å². The second-order valence-electron chi connectivity index (χ2n) is 6.67. The number of nitrogens with one attached hydrogen (secondary N) is 1. The van der Waals surface area contributed by atoms with Crippen LogP contribution in [0.25, 0.3) is 0 Å². The van der Waals surface area contributed by atoms with E-state index in [1.54, 1.807) is 0 Å². The molecule has 1 fully saturated rings. The minimum atomic E-state index is 0.319. The Bertz CT molecular complexity index is 411. The molecule has 2 atom stereocenters. The highest BCUT2D eigenvalue weighted by atomic mass is 15.3. The van der Waals surface area contributed by atoms with E-state index in [0.29, 0.717) is 11.6 Å². The summed E-state index contributed by atoms with van der Waals surface area (Å²) in [7, 11) is 0. The van der Waals surface area contributed by atoms with Crippen LogP contribution < -0.4 is 5.32 Å². The minimum absolute atomic E-state index is 0.319.